The molecule has 13 heavy (non-hydrogen) atoms. The van der Waals surface area contributed by atoms with E-state index >= 15 is 0 Å². The van der Waals surface area contributed by atoms with Gasteiger partial charge in [-0.25, -0.2) is 0 Å². The van der Waals surface area contributed by atoms with E-state index in [1.54, 1.807) is 0 Å². The first kappa shape index (κ1) is 36.0. The molecule has 0 bridgehead atoms. The second kappa shape index (κ2) is 25.0. The Morgan fingerprint density at radius 2 is 1.00 bits per heavy atom. The summed E-state index contributed by atoms with van der Waals surface area (Å²) in [6.07, 6.45) is 0.875. The average Bonchev–Trinajstić information content (AvgIpc) is 1.61. The van der Waals surface area contributed by atoms with Crippen LogP contribution in [-0.2, 0) is 0 Å². The summed E-state index contributed by atoms with van der Waals surface area (Å²) in [5, 5.41) is 7.88. The van der Waals surface area contributed by atoms with E-state index in [0.29, 0.717) is 6.61 Å². The fraction of sp³-hybridized carbons (Fsp3) is 1.00. The van der Waals surface area contributed by atoms with Gasteiger partial charge >= 0.3 is 118 Å². The molecule has 0 aromatic rings. The molecule has 0 aliphatic rings. The van der Waals surface area contributed by atoms with Crippen LogP contribution in [0, 0.1) is 0 Å². The van der Waals surface area contributed by atoms with Gasteiger partial charge in [0, 0.05) is 6.61 Å². The molecule has 1 N–H and O–H groups in total. The molecular weight excluding hydrogens is 236 g/mol. The number of hydrogen-bond donors (Lipinski definition) is 1. The molecule has 0 aliphatic heterocycles. The van der Waals surface area contributed by atoms with Crippen molar-refractivity contribution in [2.24, 2.45) is 0 Å². The number of aliphatic hydroxyl groups excluding tert-OH is 1. The topological polar surface area (TPSA) is 112 Å². The van der Waals surface area contributed by atoms with Crippen LogP contribution in [0.25, 0.3) is 0 Å². The normalized spacial score (nSPS) is 6.92. The summed E-state index contributed by atoms with van der Waals surface area (Å²) in [6.45, 7) is 2.25. The van der Waals surface area contributed by atoms with E-state index in [1.807, 2.05) is 6.92 Å². The van der Waals surface area contributed by atoms with Crippen LogP contribution in [0.5, 0.6) is 0 Å². The average molecular weight is 244 g/mol. The molecule has 0 aromatic heterocycles. The van der Waals surface area contributed by atoms with Gasteiger partial charge in [0.25, 0.3) is 0 Å². The van der Waals surface area contributed by atoms with Crippen LogP contribution >= 0.6 is 0 Å². The van der Waals surface area contributed by atoms with Crippen molar-refractivity contribution in [2.45, 2.75) is 13.3 Å². The maximum Gasteiger partial charge on any atom is 1.00 e. The van der Waals surface area contributed by atoms with E-state index < -0.39 is 9.05 Å². The predicted molar refractivity (Wildman–Crippen MR) is 23.1 cm³/mol. The largest absolute Gasteiger partial charge is 1.00 e. The van der Waals surface area contributed by atoms with E-state index in [-0.39, 0.29) is 118 Å². The van der Waals surface area contributed by atoms with Crippen LogP contribution in [0.4, 0.5) is 0 Å². The summed E-state index contributed by atoms with van der Waals surface area (Å²) >= 11 is 0. The Morgan fingerprint density at radius 3 is 1.00 bits per heavy atom. The summed E-state index contributed by atoms with van der Waals surface area (Å²) in [5.74, 6) is 0. The molecule has 10 heteroatoms. The van der Waals surface area contributed by atoms with Crippen LogP contribution in [0.2, 0.25) is 0 Å². The zero-order valence-corrected chi connectivity index (χ0v) is 18.0. The summed E-state index contributed by atoms with van der Waals surface area (Å²) < 4.78 is 0. The second-order valence-corrected chi connectivity index (χ2v) is 2.22. The van der Waals surface area contributed by atoms with Gasteiger partial charge in [-0.3, -0.25) is 0 Å². The van der Waals surface area contributed by atoms with Crippen LogP contribution < -0.4 is 137 Å². The Morgan fingerprint density at radius 1 is 0.923 bits per heavy atom. The Balaban J connectivity index is -0.0000000146. The molecule has 0 unspecified atom stereocenters. The molecule has 58 valence electrons. The van der Waals surface area contributed by atoms with E-state index in [1.165, 1.54) is 0 Å². The molecule has 0 heterocycles. The van der Waals surface area contributed by atoms with Gasteiger partial charge in [0.15, 0.2) is 0 Å². The molecule has 5 nitrogen and oxygen atoms in total. The van der Waals surface area contributed by atoms with E-state index in [9.17, 15) is 0 Å². The number of hydrogen-bond acceptors (Lipinski definition) is 5. The van der Waals surface area contributed by atoms with Crippen LogP contribution in [0.15, 0.2) is 0 Å². The van der Waals surface area contributed by atoms with Crippen molar-refractivity contribution in [1.82, 2.24) is 0 Å². The second-order valence-electron chi connectivity index (χ2n) is 1.22. The summed E-state index contributed by atoms with van der Waals surface area (Å²) in [5.41, 5.74) is 0. The third kappa shape index (κ3) is 125. The zero-order chi connectivity index (χ0) is 7.91. The molecular formula is C3H8Na4O5Si. The zero-order valence-electron chi connectivity index (χ0n) is 8.99. The Labute approximate surface area is 168 Å². The minimum absolute atomic E-state index is 0. The molecule has 0 aromatic carbocycles. The summed E-state index contributed by atoms with van der Waals surface area (Å²) in [6, 6.07) is 0. The van der Waals surface area contributed by atoms with Crippen LogP contribution in [0.3, 0.4) is 0 Å². The van der Waals surface area contributed by atoms with E-state index in [2.05, 4.69) is 0 Å². The van der Waals surface area contributed by atoms with Crippen molar-refractivity contribution in [3.63, 3.8) is 0 Å². The molecule has 0 saturated carbocycles. The first-order valence-corrected chi connectivity index (χ1v) is 3.97. The third-order valence-corrected chi connectivity index (χ3v) is 0.224. The Hall–Kier alpha value is 4.02. The number of aliphatic hydroxyl groups is 1. The molecule has 0 fully saturated rings. The van der Waals surface area contributed by atoms with Crippen molar-refractivity contribution < 1.29 is 143 Å². The fourth-order valence-corrected chi connectivity index (χ4v) is 0. The van der Waals surface area contributed by atoms with Crippen molar-refractivity contribution in [2.75, 3.05) is 6.61 Å². The van der Waals surface area contributed by atoms with Gasteiger partial charge in [0.1, 0.15) is 0 Å². The number of rotatable bonds is 1. The third-order valence-electron chi connectivity index (χ3n) is 0.224. The van der Waals surface area contributed by atoms with Gasteiger partial charge in [0.05, 0.1) is 0 Å². The van der Waals surface area contributed by atoms with Gasteiger partial charge in [-0.2, -0.15) is 0 Å². The summed E-state index contributed by atoms with van der Waals surface area (Å²) in [4.78, 5) is 34.3. The minimum atomic E-state index is -5.61. The van der Waals surface area contributed by atoms with E-state index in [0.717, 1.165) is 6.42 Å². The molecule has 0 amide bonds. The SMILES string of the molecule is CCCO.[Na+].[Na+].[Na+].[Na+].[O-][Si]([O-])([O-])[O-]. The quantitative estimate of drug-likeness (QED) is 0.460. The van der Waals surface area contributed by atoms with Gasteiger partial charge < -0.3 is 33.3 Å². The van der Waals surface area contributed by atoms with Gasteiger partial charge in [-0.15, -0.1) is 0 Å². The molecule has 0 aliphatic carbocycles. The predicted octanol–water partition coefficient (Wildman–Crippen LogP) is -16.7. The van der Waals surface area contributed by atoms with Crippen molar-refractivity contribution >= 4 is 9.05 Å². The minimum Gasteiger partial charge on any atom is -0.894 e. The standard InChI is InChI=1S/C3H8O.4Na.O4Si/c1-2-3-4;;;;;1-5(2,3)4/h4H,2-3H2,1H3;;;;;/q;4*+1;-4. The van der Waals surface area contributed by atoms with Crippen molar-refractivity contribution in [3.05, 3.63) is 0 Å². The fourth-order valence-electron chi connectivity index (χ4n) is 0. The van der Waals surface area contributed by atoms with Crippen molar-refractivity contribution in [3.8, 4) is 0 Å². The first-order chi connectivity index (χ1) is 3.91. The molecule has 0 atom stereocenters. The Kier molecular flexibility index (Phi) is 69.2. The molecule has 0 spiro atoms. The molecule has 0 saturated heterocycles. The van der Waals surface area contributed by atoms with Crippen LogP contribution in [-0.4, -0.2) is 20.8 Å². The van der Waals surface area contributed by atoms with Gasteiger partial charge in [-0.1, -0.05) is 6.92 Å². The van der Waals surface area contributed by atoms with E-state index in [4.69, 9.17) is 24.3 Å². The maximum atomic E-state index is 8.58. The monoisotopic (exact) mass is 244 g/mol. The van der Waals surface area contributed by atoms with Crippen molar-refractivity contribution in [1.29, 1.82) is 0 Å². The Bertz CT molecular complexity index is 54.2. The van der Waals surface area contributed by atoms with Gasteiger partial charge in [0.2, 0.25) is 0 Å². The molecule has 0 rings (SSSR count). The first-order valence-electron chi connectivity index (χ1n) is 2.34. The maximum absolute atomic E-state index is 8.58. The van der Waals surface area contributed by atoms with Gasteiger partial charge in [-0.05, 0) is 6.42 Å². The smallest absolute Gasteiger partial charge is 0.894 e. The summed E-state index contributed by atoms with van der Waals surface area (Å²) in [7, 11) is -5.61. The molecule has 0 radical (unpaired) electrons. The van der Waals surface area contributed by atoms with Crippen LogP contribution in [0.1, 0.15) is 13.3 Å².